The molecule has 1 heterocycles. The van der Waals surface area contributed by atoms with Crippen molar-refractivity contribution in [2.24, 2.45) is 35.5 Å². The van der Waals surface area contributed by atoms with Crippen molar-refractivity contribution in [3.8, 4) is 0 Å². The third-order valence-electron chi connectivity index (χ3n) is 6.47. The average Bonchev–Trinajstić information content (AvgIpc) is 2.30. The van der Waals surface area contributed by atoms with Crippen LogP contribution in [0.1, 0.15) is 51.9 Å². The predicted octanol–water partition coefficient (Wildman–Crippen LogP) is 4.59. The van der Waals surface area contributed by atoms with Crippen molar-refractivity contribution in [3.63, 3.8) is 0 Å². The number of hydrogen-bond acceptors (Lipinski definition) is 1. The summed E-state index contributed by atoms with van der Waals surface area (Å²) in [6.07, 6.45) is 11.1. The second-order valence-corrected chi connectivity index (χ2v) is 8.81. The molecule has 3 saturated carbocycles. The van der Waals surface area contributed by atoms with Crippen LogP contribution in [0.25, 0.3) is 0 Å². The molecule has 0 aromatic rings. The van der Waals surface area contributed by atoms with Gasteiger partial charge in [-0.15, -0.1) is 0 Å². The zero-order valence-corrected chi connectivity index (χ0v) is 11.9. The van der Waals surface area contributed by atoms with Gasteiger partial charge in [-0.05, 0) is 79.8 Å². The summed E-state index contributed by atoms with van der Waals surface area (Å²) in [5.74, 6) is 8.21. The monoisotopic (exact) mass is 250 g/mol. The van der Waals surface area contributed by atoms with Gasteiger partial charge in [0.1, 0.15) is 0 Å². The number of thioether (sulfide) groups is 1. The molecule has 1 heteroatoms. The van der Waals surface area contributed by atoms with Gasteiger partial charge in [-0.25, -0.2) is 0 Å². The number of fused-ring (bicyclic) bond motifs is 3. The molecule has 0 N–H and O–H groups in total. The average molecular weight is 250 g/mol. The standard InChI is InChI=1S/C16H26S/c1-10-2-3-11-5-14-8-16-15(9-17-16)7-13(14)6-12(11)4-10/h10-16H,2-9H2,1H3. The molecule has 0 bridgehead atoms. The maximum absolute atomic E-state index is 2.49. The Morgan fingerprint density at radius 2 is 1.41 bits per heavy atom. The van der Waals surface area contributed by atoms with Gasteiger partial charge in [-0.3, -0.25) is 0 Å². The summed E-state index contributed by atoms with van der Waals surface area (Å²) in [5, 5.41) is 1.09. The topological polar surface area (TPSA) is 0 Å². The molecule has 1 aliphatic heterocycles. The molecular weight excluding hydrogens is 224 g/mol. The Balaban J connectivity index is 1.47. The highest BCUT2D eigenvalue weighted by atomic mass is 32.2. The van der Waals surface area contributed by atoms with Crippen molar-refractivity contribution < 1.29 is 0 Å². The molecule has 1 saturated heterocycles. The Hall–Kier alpha value is 0.350. The lowest BCUT2D eigenvalue weighted by molar-refractivity contribution is 0.0253. The number of rotatable bonds is 0. The minimum Gasteiger partial charge on any atom is -0.158 e. The van der Waals surface area contributed by atoms with Crippen LogP contribution in [-0.2, 0) is 0 Å². The minimum absolute atomic E-state index is 1.03. The van der Waals surface area contributed by atoms with E-state index in [4.69, 9.17) is 0 Å². The second-order valence-electron chi connectivity index (χ2n) is 7.53. The lowest BCUT2D eigenvalue weighted by Gasteiger charge is -2.53. The Bertz CT molecular complexity index is 300. The zero-order valence-electron chi connectivity index (χ0n) is 11.1. The first-order valence-electron chi connectivity index (χ1n) is 7.91. The molecule has 17 heavy (non-hydrogen) atoms. The van der Waals surface area contributed by atoms with E-state index >= 15 is 0 Å². The van der Waals surface area contributed by atoms with Gasteiger partial charge in [0.25, 0.3) is 0 Å². The molecule has 7 unspecified atom stereocenters. The largest absolute Gasteiger partial charge is 0.158 e. The van der Waals surface area contributed by atoms with Crippen molar-refractivity contribution in [1.82, 2.24) is 0 Å². The van der Waals surface area contributed by atoms with Gasteiger partial charge < -0.3 is 0 Å². The van der Waals surface area contributed by atoms with E-state index < -0.39 is 0 Å². The third-order valence-corrected chi connectivity index (χ3v) is 8.10. The molecular formula is C16H26S. The Kier molecular flexibility index (Phi) is 2.76. The summed E-state index contributed by atoms with van der Waals surface area (Å²) in [6, 6.07) is 0. The predicted molar refractivity (Wildman–Crippen MR) is 75.2 cm³/mol. The molecule has 3 aliphatic carbocycles. The fourth-order valence-electron chi connectivity index (χ4n) is 5.44. The first kappa shape index (κ1) is 11.2. The van der Waals surface area contributed by atoms with Crippen LogP contribution in [-0.4, -0.2) is 11.0 Å². The van der Waals surface area contributed by atoms with Crippen molar-refractivity contribution in [1.29, 1.82) is 0 Å². The van der Waals surface area contributed by atoms with Gasteiger partial charge in [-0.1, -0.05) is 13.3 Å². The Morgan fingerprint density at radius 3 is 2.24 bits per heavy atom. The summed E-state index contributed by atoms with van der Waals surface area (Å²) in [5.41, 5.74) is 0. The lowest BCUT2D eigenvalue weighted by Crippen LogP contribution is -2.46. The highest BCUT2D eigenvalue weighted by Gasteiger charge is 2.47. The van der Waals surface area contributed by atoms with Gasteiger partial charge >= 0.3 is 0 Å². The molecule has 96 valence electrons. The van der Waals surface area contributed by atoms with E-state index in [0.717, 1.165) is 40.8 Å². The molecule has 0 aromatic carbocycles. The van der Waals surface area contributed by atoms with Crippen LogP contribution in [0.4, 0.5) is 0 Å². The first-order chi connectivity index (χ1) is 8.29. The van der Waals surface area contributed by atoms with E-state index in [1.165, 1.54) is 12.2 Å². The van der Waals surface area contributed by atoms with Crippen LogP contribution in [0.2, 0.25) is 0 Å². The van der Waals surface area contributed by atoms with Crippen molar-refractivity contribution in [3.05, 3.63) is 0 Å². The van der Waals surface area contributed by atoms with Crippen LogP contribution in [0.5, 0.6) is 0 Å². The van der Waals surface area contributed by atoms with Gasteiger partial charge in [0.05, 0.1) is 0 Å². The normalized spacial score (nSPS) is 57.4. The SMILES string of the molecule is CC1CCC2CC3CC4SCC4CC3CC2C1. The zero-order chi connectivity index (χ0) is 11.4. The van der Waals surface area contributed by atoms with Gasteiger partial charge in [0.15, 0.2) is 0 Å². The highest BCUT2D eigenvalue weighted by molar-refractivity contribution is 8.01. The Morgan fingerprint density at radius 1 is 0.706 bits per heavy atom. The maximum atomic E-state index is 2.49. The molecule has 0 amide bonds. The van der Waals surface area contributed by atoms with Crippen LogP contribution in [0.15, 0.2) is 0 Å². The van der Waals surface area contributed by atoms with E-state index in [-0.39, 0.29) is 0 Å². The molecule has 0 aromatic heterocycles. The molecule has 7 atom stereocenters. The van der Waals surface area contributed by atoms with Crippen LogP contribution in [0, 0.1) is 35.5 Å². The van der Waals surface area contributed by atoms with Gasteiger partial charge in [0.2, 0.25) is 0 Å². The van der Waals surface area contributed by atoms with Crippen LogP contribution < -0.4 is 0 Å². The minimum atomic E-state index is 1.03. The molecule has 4 fully saturated rings. The van der Waals surface area contributed by atoms with E-state index in [1.54, 1.807) is 38.5 Å². The molecule has 0 nitrogen and oxygen atoms in total. The fraction of sp³-hybridized carbons (Fsp3) is 1.00. The lowest BCUT2D eigenvalue weighted by atomic mass is 9.57. The van der Waals surface area contributed by atoms with E-state index in [0.29, 0.717) is 0 Å². The highest BCUT2D eigenvalue weighted by Crippen LogP contribution is 2.56. The summed E-state index contributed by atoms with van der Waals surface area (Å²) >= 11 is 2.27. The fourth-order valence-corrected chi connectivity index (χ4v) is 6.80. The summed E-state index contributed by atoms with van der Waals surface area (Å²) < 4.78 is 0. The van der Waals surface area contributed by atoms with Crippen molar-refractivity contribution in [2.45, 2.75) is 57.1 Å². The van der Waals surface area contributed by atoms with E-state index in [1.807, 2.05) is 0 Å². The van der Waals surface area contributed by atoms with Crippen molar-refractivity contribution >= 4 is 11.8 Å². The van der Waals surface area contributed by atoms with Crippen LogP contribution >= 0.6 is 11.8 Å². The smallest absolute Gasteiger partial charge is 0.00861 e. The summed E-state index contributed by atoms with van der Waals surface area (Å²) in [4.78, 5) is 0. The Labute approximate surface area is 110 Å². The molecule has 4 rings (SSSR count). The van der Waals surface area contributed by atoms with E-state index in [2.05, 4.69) is 18.7 Å². The second kappa shape index (κ2) is 4.18. The molecule has 0 radical (unpaired) electrons. The maximum Gasteiger partial charge on any atom is 0.00861 e. The van der Waals surface area contributed by atoms with Crippen LogP contribution in [0.3, 0.4) is 0 Å². The number of hydrogen-bond donors (Lipinski definition) is 0. The summed E-state index contributed by atoms with van der Waals surface area (Å²) in [6.45, 7) is 2.49. The summed E-state index contributed by atoms with van der Waals surface area (Å²) in [7, 11) is 0. The quantitative estimate of drug-likeness (QED) is 0.606. The van der Waals surface area contributed by atoms with E-state index in [9.17, 15) is 0 Å². The van der Waals surface area contributed by atoms with Crippen molar-refractivity contribution in [2.75, 3.05) is 5.75 Å². The first-order valence-corrected chi connectivity index (χ1v) is 8.96. The van der Waals surface area contributed by atoms with Gasteiger partial charge in [0, 0.05) is 5.25 Å². The van der Waals surface area contributed by atoms with Gasteiger partial charge in [-0.2, -0.15) is 11.8 Å². The third kappa shape index (κ3) is 1.88. The molecule has 0 spiro atoms. The molecule has 4 aliphatic rings.